The molecular formula is C21H21N3O4S. The molecule has 150 valence electrons. The van der Waals surface area contributed by atoms with E-state index in [0.29, 0.717) is 34.2 Å². The predicted molar refractivity (Wildman–Crippen MR) is 113 cm³/mol. The van der Waals surface area contributed by atoms with E-state index >= 15 is 0 Å². The number of para-hydroxylation sites is 1. The summed E-state index contributed by atoms with van der Waals surface area (Å²) in [6.07, 6.45) is -0.618. The van der Waals surface area contributed by atoms with Gasteiger partial charge in [0.2, 0.25) is 0 Å². The second-order valence-electron chi connectivity index (χ2n) is 6.16. The van der Waals surface area contributed by atoms with Crippen molar-refractivity contribution in [3.05, 3.63) is 59.5 Å². The summed E-state index contributed by atoms with van der Waals surface area (Å²) in [4.78, 5) is 29.3. The smallest absolute Gasteiger partial charge is 0.338 e. The van der Waals surface area contributed by atoms with Crippen molar-refractivity contribution in [2.24, 2.45) is 0 Å². The van der Waals surface area contributed by atoms with Gasteiger partial charge in [-0.25, -0.2) is 9.78 Å². The fourth-order valence-corrected chi connectivity index (χ4v) is 3.40. The van der Waals surface area contributed by atoms with E-state index < -0.39 is 18.0 Å². The summed E-state index contributed by atoms with van der Waals surface area (Å²) in [5.41, 5.74) is 7.95. The third kappa shape index (κ3) is 4.91. The minimum Gasteiger partial charge on any atom is -0.496 e. The number of hydrogen-bond donors (Lipinski definition) is 2. The summed E-state index contributed by atoms with van der Waals surface area (Å²) in [5, 5.41) is 4.95. The third-order valence-electron chi connectivity index (χ3n) is 4.15. The summed E-state index contributed by atoms with van der Waals surface area (Å²) in [6.45, 7) is 1.76. The van der Waals surface area contributed by atoms with Crippen LogP contribution in [0.1, 0.15) is 23.7 Å². The maximum absolute atomic E-state index is 12.6. The Morgan fingerprint density at radius 3 is 2.72 bits per heavy atom. The van der Waals surface area contributed by atoms with Gasteiger partial charge in [0.15, 0.2) is 11.2 Å². The van der Waals surface area contributed by atoms with Crippen molar-refractivity contribution < 1.29 is 19.1 Å². The molecule has 1 aromatic heterocycles. The molecule has 3 aromatic rings. The lowest BCUT2D eigenvalue weighted by molar-refractivity contribution is -0.124. The summed E-state index contributed by atoms with van der Waals surface area (Å²) in [6, 6.07) is 13.9. The van der Waals surface area contributed by atoms with Crippen LogP contribution in [0.5, 0.6) is 5.75 Å². The van der Waals surface area contributed by atoms with E-state index in [4.69, 9.17) is 15.2 Å². The van der Waals surface area contributed by atoms with Gasteiger partial charge in [-0.05, 0) is 36.8 Å². The standard InChI is InChI=1S/C21H21N3O4S/c1-3-17(28-20(26)13-7-6-8-14(22)11-13)19(25)24-21-23-16(12-29-21)15-9-4-5-10-18(15)27-2/h4-12,17H,3,22H2,1-2H3,(H,23,24,25). The van der Waals surface area contributed by atoms with E-state index in [1.54, 1.807) is 32.2 Å². The number of rotatable bonds is 7. The summed E-state index contributed by atoms with van der Waals surface area (Å²) >= 11 is 1.28. The molecule has 1 heterocycles. The monoisotopic (exact) mass is 411 g/mol. The lowest BCUT2D eigenvalue weighted by Crippen LogP contribution is -2.32. The molecule has 8 heteroatoms. The first kappa shape index (κ1) is 20.3. The van der Waals surface area contributed by atoms with Crippen molar-refractivity contribution in [3.63, 3.8) is 0 Å². The number of nitrogen functional groups attached to an aromatic ring is 1. The Kier molecular flexibility index (Phi) is 6.46. The number of carbonyl (C=O) groups is 2. The fraction of sp³-hybridized carbons (Fsp3) is 0.190. The molecule has 0 saturated carbocycles. The van der Waals surface area contributed by atoms with Gasteiger partial charge in [0.1, 0.15) is 5.75 Å². The number of thiazole rings is 1. The fourth-order valence-electron chi connectivity index (χ4n) is 2.68. The number of hydrogen-bond acceptors (Lipinski definition) is 7. The maximum Gasteiger partial charge on any atom is 0.338 e. The first-order valence-electron chi connectivity index (χ1n) is 8.98. The predicted octanol–water partition coefficient (Wildman–Crippen LogP) is 3.98. The molecule has 0 aliphatic heterocycles. The first-order valence-corrected chi connectivity index (χ1v) is 9.86. The molecule has 0 saturated heterocycles. The summed E-state index contributed by atoms with van der Waals surface area (Å²) in [5.74, 6) is -0.350. The first-order chi connectivity index (χ1) is 14.0. The number of nitrogens with one attached hydrogen (secondary N) is 1. The Bertz CT molecular complexity index is 1020. The third-order valence-corrected chi connectivity index (χ3v) is 4.91. The Morgan fingerprint density at radius 1 is 1.21 bits per heavy atom. The molecule has 0 aliphatic rings. The van der Waals surface area contributed by atoms with E-state index in [9.17, 15) is 9.59 Å². The van der Waals surface area contributed by atoms with Crippen molar-refractivity contribution in [1.29, 1.82) is 0 Å². The van der Waals surface area contributed by atoms with Crippen LogP contribution in [0.4, 0.5) is 10.8 Å². The average Bonchev–Trinajstić information content (AvgIpc) is 3.19. The highest BCUT2D eigenvalue weighted by Gasteiger charge is 2.23. The van der Waals surface area contributed by atoms with Gasteiger partial charge >= 0.3 is 5.97 Å². The van der Waals surface area contributed by atoms with Crippen molar-refractivity contribution >= 4 is 34.0 Å². The van der Waals surface area contributed by atoms with E-state index in [0.717, 1.165) is 5.56 Å². The van der Waals surface area contributed by atoms with Crippen molar-refractivity contribution in [2.75, 3.05) is 18.2 Å². The molecule has 29 heavy (non-hydrogen) atoms. The van der Waals surface area contributed by atoms with Gasteiger partial charge in [-0.2, -0.15) is 0 Å². The summed E-state index contributed by atoms with van der Waals surface area (Å²) < 4.78 is 10.7. The second-order valence-corrected chi connectivity index (χ2v) is 7.01. The highest BCUT2D eigenvalue weighted by Crippen LogP contribution is 2.32. The van der Waals surface area contributed by atoms with Crippen LogP contribution in [0.2, 0.25) is 0 Å². The van der Waals surface area contributed by atoms with E-state index in [1.165, 1.54) is 17.4 Å². The molecule has 3 N–H and O–H groups in total. The maximum atomic E-state index is 12.6. The van der Waals surface area contributed by atoms with Crippen molar-refractivity contribution in [2.45, 2.75) is 19.4 Å². The molecule has 0 bridgehead atoms. The lowest BCUT2D eigenvalue weighted by Gasteiger charge is -2.15. The van der Waals surface area contributed by atoms with E-state index in [2.05, 4.69) is 10.3 Å². The number of carbonyl (C=O) groups excluding carboxylic acids is 2. The second kappa shape index (κ2) is 9.20. The number of benzene rings is 2. The molecule has 7 nitrogen and oxygen atoms in total. The molecule has 0 spiro atoms. The number of aromatic nitrogens is 1. The molecule has 1 amide bonds. The lowest BCUT2D eigenvalue weighted by atomic mass is 10.1. The van der Waals surface area contributed by atoms with Gasteiger partial charge < -0.3 is 15.2 Å². The molecule has 0 radical (unpaired) electrons. The van der Waals surface area contributed by atoms with Crippen LogP contribution < -0.4 is 15.8 Å². The van der Waals surface area contributed by atoms with E-state index in [-0.39, 0.29) is 0 Å². The Hall–Kier alpha value is -3.39. The van der Waals surface area contributed by atoms with E-state index in [1.807, 2.05) is 29.6 Å². The summed E-state index contributed by atoms with van der Waals surface area (Å²) in [7, 11) is 1.59. The van der Waals surface area contributed by atoms with Crippen LogP contribution in [-0.2, 0) is 9.53 Å². The van der Waals surface area contributed by atoms with Gasteiger partial charge in [0.05, 0.1) is 18.4 Å². The number of methoxy groups -OCH3 is 1. The molecule has 3 rings (SSSR count). The Morgan fingerprint density at radius 2 is 2.00 bits per heavy atom. The molecule has 0 fully saturated rings. The van der Waals surface area contributed by atoms with Crippen molar-refractivity contribution in [3.8, 4) is 17.0 Å². The molecule has 2 aromatic carbocycles. The zero-order chi connectivity index (χ0) is 20.8. The number of ether oxygens (including phenoxy) is 2. The average molecular weight is 411 g/mol. The number of amides is 1. The van der Waals surface area contributed by atoms with Crippen LogP contribution in [-0.4, -0.2) is 30.1 Å². The number of nitrogens with zero attached hydrogens (tertiary/aromatic N) is 1. The van der Waals surface area contributed by atoms with Crippen LogP contribution in [0, 0.1) is 0 Å². The van der Waals surface area contributed by atoms with Crippen LogP contribution in [0.25, 0.3) is 11.3 Å². The SMILES string of the molecule is CCC(OC(=O)c1cccc(N)c1)C(=O)Nc1nc(-c2ccccc2OC)cs1. The topological polar surface area (TPSA) is 104 Å². The van der Waals surface area contributed by atoms with Gasteiger partial charge in [0.25, 0.3) is 5.91 Å². The van der Waals surface area contributed by atoms with Gasteiger partial charge in [-0.3, -0.25) is 10.1 Å². The molecule has 1 unspecified atom stereocenters. The van der Waals surface area contributed by atoms with Crippen LogP contribution in [0.3, 0.4) is 0 Å². The molecule has 0 aliphatic carbocycles. The van der Waals surface area contributed by atoms with Crippen LogP contribution >= 0.6 is 11.3 Å². The van der Waals surface area contributed by atoms with Gasteiger partial charge in [-0.1, -0.05) is 25.1 Å². The molecule has 1 atom stereocenters. The zero-order valence-corrected chi connectivity index (χ0v) is 16.9. The number of nitrogens with two attached hydrogens (primary N) is 1. The quantitative estimate of drug-likeness (QED) is 0.450. The molecular weight excluding hydrogens is 390 g/mol. The highest BCUT2D eigenvalue weighted by molar-refractivity contribution is 7.14. The Balaban J connectivity index is 1.68. The number of esters is 1. The largest absolute Gasteiger partial charge is 0.496 e. The number of anilines is 2. The zero-order valence-electron chi connectivity index (χ0n) is 16.0. The minimum atomic E-state index is -0.942. The minimum absolute atomic E-state index is 0.295. The van der Waals surface area contributed by atoms with Crippen molar-refractivity contribution in [1.82, 2.24) is 4.98 Å². The van der Waals surface area contributed by atoms with Gasteiger partial charge in [-0.15, -0.1) is 11.3 Å². The van der Waals surface area contributed by atoms with Crippen LogP contribution in [0.15, 0.2) is 53.9 Å². The van der Waals surface area contributed by atoms with Gasteiger partial charge in [0, 0.05) is 16.6 Å². The highest BCUT2D eigenvalue weighted by atomic mass is 32.1. The Labute approximate surface area is 172 Å². The normalized spacial score (nSPS) is 11.5.